The highest BCUT2D eigenvalue weighted by atomic mass is 16.5. The molecule has 0 fully saturated rings. The van der Waals surface area contributed by atoms with Crippen molar-refractivity contribution in [1.82, 2.24) is 67.5 Å². The average molecular weight is 1180 g/mol. The average Bonchev–Trinajstić information content (AvgIpc) is 3.46. The highest BCUT2D eigenvalue weighted by Crippen LogP contribution is 2.00. The number of ether oxygens (including phenoxy) is 3. The Morgan fingerprint density at radius 1 is 0.220 bits per heavy atom. The second-order valence-electron chi connectivity index (χ2n) is 18.8. The van der Waals surface area contributed by atoms with Crippen LogP contribution in [0.4, 0.5) is 0 Å². The molecular formula is C51H105N19O12. The van der Waals surface area contributed by atoms with Gasteiger partial charge in [-0.25, -0.2) is 0 Å². The molecule has 0 atom stereocenters. The molecule has 31 heteroatoms. The maximum atomic E-state index is 12.7. The zero-order valence-corrected chi connectivity index (χ0v) is 48.9. The number of nitrogens with one attached hydrogen (secondary N) is 9. The first-order valence-corrected chi connectivity index (χ1v) is 28.9. The number of carbonyl (C=O) groups is 9. The minimum absolute atomic E-state index is 0.104. The van der Waals surface area contributed by atoms with Crippen LogP contribution in [0.15, 0.2) is 0 Å². The summed E-state index contributed by atoms with van der Waals surface area (Å²) in [6.45, 7) is 11.3. The third-order valence-corrected chi connectivity index (χ3v) is 12.1. The van der Waals surface area contributed by atoms with Crippen molar-refractivity contribution in [3.8, 4) is 0 Å². The molecular weight excluding hydrogens is 1070 g/mol. The van der Waals surface area contributed by atoms with Crippen LogP contribution in [0.3, 0.4) is 0 Å². The van der Waals surface area contributed by atoms with Crippen LogP contribution in [0.2, 0.25) is 0 Å². The summed E-state index contributed by atoms with van der Waals surface area (Å²) >= 11 is 0. The normalized spacial score (nSPS) is 11.2. The van der Waals surface area contributed by atoms with E-state index >= 15 is 0 Å². The van der Waals surface area contributed by atoms with E-state index in [4.69, 9.17) is 48.6 Å². The quantitative estimate of drug-likeness (QED) is 0.0252. The first kappa shape index (κ1) is 76.7. The van der Waals surface area contributed by atoms with Crippen LogP contribution in [0, 0.1) is 0 Å². The second-order valence-corrected chi connectivity index (χ2v) is 18.8. The summed E-state index contributed by atoms with van der Waals surface area (Å²) in [5.74, 6) is -1.61. The van der Waals surface area contributed by atoms with Crippen molar-refractivity contribution in [3.63, 3.8) is 0 Å². The molecule has 82 heavy (non-hydrogen) atoms. The van der Waals surface area contributed by atoms with E-state index in [1.807, 2.05) is 19.6 Å². The molecule has 0 spiro atoms. The summed E-state index contributed by atoms with van der Waals surface area (Å²) in [5.41, 5.74) is 32.9. The fourth-order valence-electron chi connectivity index (χ4n) is 7.41. The fraction of sp³-hybridized carbons (Fsp3) is 0.824. The van der Waals surface area contributed by atoms with Crippen LogP contribution in [-0.4, -0.2) is 289 Å². The molecule has 0 saturated heterocycles. The molecule has 0 rings (SSSR count). The summed E-state index contributed by atoms with van der Waals surface area (Å²) in [6.07, 6.45) is 1.57. The highest BCUT2D eigenvalue weighted by Gasteiger charge is 2.16. The van der Waals surface area contributed by atoms with Crippen LogP contribution < -0.4 is 82.3 Å². The number of carbonyl (C=O) groups excluding carboxylic acids is 9. The van der Waals surface area contributed by atoms with Crippen LogP contribution in [-0.2, 0) is 57.4 Å². The van der Waals surface area contributed by atoms with Gasteiger partial charge in [-0.15, -0.1) is 0 Å². The molecule has 0 aliphatic carbocycles. The lowest BCUT2D eigenvalue weighted by atomic mass is 10.3. The van der Waals surface area contributed by atoms with Gasteiger partial charge < -0.3 is 111 Å². The Bertz CT molecular complexity index is 1470. The van der Waals surface area contributed by atoms with E-state index in [0.29, 0.717) is 177 Å². The van der Waals surface area contributed by atoms with Gasteiger partial charge in [-0.2, -0.15) is 0 Å². The molecule has 31 nitrogen and oxygen atoms in total. The predicted molar refractivity (Wildman–Crippen MR) is 311 cm³/mol. The zero-order chi connectivity index (χ0) is 60.7. The fourth-order valence-corrected chi connectivity index (χ4v) is 7.41. The Hall–Kier alpha value is -5.29. The highest BCUT2D eigenvalue weighted by molar-refractivity contribution is 5.79. The van der Waals surface area contributed by atoms with E-state index < -0.39 is 0 Å². The topological polar surface area (TPSA) is 459 Å². The van der Waals surface area contributed by atoms with Crippen LogP contribution in [0.5, 0.6) is 0 Å². The van der Waals surface area contributed by atoms with Gasteiger partial charge in [0.2, 0.25) is 53.2 Å². The Morgan fingerprint density at radius 2 is 0.390 bits per heavy atom. The molecule has 0 aromatic heterocycles. The first-order chi connectivity index (χ1) is 39.7. The summed E-state index contributed by atoms with van der Waals surface area (Å²) < 4.78 is 17.5. The van der Waals surface area contributed by atoms with E-state index in [0.717, 1.165) is 0 Å². The predicted octanol–water partition coefficient (Wildman–Crippen LogP) is -8.45. The Morgan fingerprint density at radius 3 is 0.585 bits per heavy atom. The lowest BCUT2D eigenvalue weighted by Crippen LogP contribution is -2.40. The third-order valence-electron chi connectivity index (χ3n) is 12.1. The summed E-state index contributed by atoms with van der Waals surface area (Å²) in [4.78, 5) is 119. The van der Waals surface area contributed by atoms with E-state index in [-0.39, 0.29) is 151 Å². The Kier molecular flexibility index (Phi) is 51.4. The lowest BCUT2D eigenvalue weighted by molar-refractivity contribution is -0.123. The molecule has 476 valence electrons. The van der Waals surface area contributed by atoms with Gasteiger partial charge >= 0.3 is 0 Å². The molecule has 0 aromatic carbocycles. The first-order valence-electron chi connectivity index (χ1n) is 28.9. The summed E-state index contributed by atoms with van der Waals surface area (Å²) in [5, 5.41) is 25.0. The van der Waals surface area contributed by atoms with E-state index in [1.165, 1.54) is 0 Å². The number of hydrogen-bond donors (Lipinski definition) is 15. The van der Waals surface area contributed by atoms with Crippen molar-refractivity contribution in [1.29, 1.82) is 0 Å². The standard InChI is InChI=1S/C51H105N19O12/c52-10-16-58-43(71)1-25-67(26-2-44(72)59-17-11-53)31-22-64-49(77)7-37-80-40-34-70(35-41-81-38-8-50(78)65-23-32-68(27-3-45(73)60-18-12-54)28-4-46(74)61-19-13-55)36-42-82-39-9-51(79)66-24-33-69(29-5-47(75)62-20-14-56)30-6-48(76)63-21-15-57/h1-42,52-57H2,(H,58,71)(H,59,72)(H,60,73)(H,61,74)(H,62,75)(H,63,76)(H,64,77)(H,65,78)(H,66,79). The van der Waals surface area contributed by atoms with Crippen molar-refractivity contribution >= 4 is 53.2 Å². The molecule has 0 radical (unpaired) electrons. The van der Waals surface area contributed by atoms with E-state index in [9.17, 15) is 43.2 Å². The molecule has 0 aromatic rings. The maximum Gasteiger partial charge on any atom is 0.222 e. The Labute approximate surface area is 485 Å². The van der Waals surface area contributed by atoms with Crippen molar-refractivity contribution in [2.45, 2.75) is 57.8 Å². The molecule has 0 aliphatic rings. The third kappa shape index (κ3) is 49.3. The minimum Gasteiger partial charge on any atom is -0.380 e. The van der Waals surface area contributed by atoms with Gasteiger partial charge in [0.1, 0.15) is 0 Å². The van der Waals surface area contributed by atoms with Crippen molar-refractivity contribution in [2.24, 2.45) is 34.4 Å². The lowest BCUT2D eigenvalue weighted by Gasteiger charge is -2.23. The van der Waals surface area contributed by atoms with Gasteiger partial charge in [-0.05, 0) is 0 Å². The largest absolute Gasteiger partial charge is 0.380 e. The monoisotopic (exact) mass is 1180 g/mol. The van der Waals surface area contributed by atoms with Gasteiger partial charge in [0.15, 0.2) is 0 Å². The summed E-state index contributed by atoms with van der Waals surface area (Å²) in [7, 11) is 0. The maximum absolute atomic E-state index is 12.7. The van der Waals surface area contributed by atoms with Crippen molar-refractivity contribution in [3.05, 3.63) is 0 Å². The van der Waals surface area contributed by atoms with Gasteiger partial charge in [0.25, 0.3) is 0 Å². The molecule has 0 heterocycles. The van der Waals surface area contributed by atoms with Crippen LogP contribution in [0.25, 0.3) is 0 Å². The Balaban J connectivity index is 5.29. The molecule has 21 N–H and O–H groups in total. The van der Waals surface area contributed by atoms with Crippen LogP contribution in [0.1, 0.15) is 57.8 Å². The second kappa shape index (κ2) is 54.9. The minimum atomic E-state index is -0.222. The molecule has 0 saturated carbocycles. The molecule has 9 amide bonds. The zero-order valence-electron chi connectivity index (χ0n) is 48.9. The SMILES string of the molecule is NCCNC(=O)CCN(CCNC(=O)CCOCCN(CCOCCC(=O)NCCN(CCC(=O)NCCN)CCC(=O)NCCN)CCOCCC(=O)NCCN(CCC(=O)NCCN)CCC(=O)NCCN)CCC(=O)NCCN. The van der Waals surface area contributed by atoms with Gasteiger partial charge in [-0.1, -0.05) is 0 Å². The number of rotatable bonds is 57. The number of hydrogen-bond acceptors (Lipinski definition) is 22. The van der Waals surface area contributed by atoms with Gasteiger partial charge in [0, 0.05) is 234 Å². The smallest absolute Gasteiger partial charge is 0.222 e. The van der Waals surface area contributed by atoms with E-state index in [2.05, 4.69) is 47.9 Å². The number of nitrogens with zero attached hydrogens (tertiary/aromatic N) is 4. The molecule has 0 aliphatic heterocycles. The molecule has 0 unspecified atom stereocenters. The summed E-state index contributed by atoms with van der Waals surface area (Å²) in [6, 6.07) is 0. The van der Waals surface area contributed by atoms with Gasteiger partial charge in [0.05, 0.1) is 39.6 Å². The van der Waals surface area contributed by atoms with Crippen LogP contribution >= 0.6 is 0 Å². The number of nitrogens with two attached hydrogens (primary N) is 6. The van der Waals surface area contributed by atoms with E-state index in [1.54, 1.807) is 0 Å². The van der Waals surface area contributed by atoms with Crippen molar-refractivity contribution < 1.29 is 57.4 Å². The number of amides is 9. The van der Waals surface area contributed by atoms with Crippen molar-refractivity contribution in [2.75, 3.05) is 216 Å². The van der Waals surface area contributed by atoms with Gasteiger partial charge in [-0.3, -0.25) is 48.1 Å². The molecule has 0 bridgehead atoms.